The first-order chi connectivity index (χ1) is 17.2. The standard InChI is InChI=1S/C26H23ClF3N3O3/c1-36-21-10-11-23(22(15-21)31-24(34)18-6-8-19(9-7-18)26(28,29)30)33-13-3-12-32(25(33)35)16-17-4-2-5-20(27)14-17/h2,4-11,14-15H,3,12-13,16H2,1H3,(H,31,34). The highest BCUT2D eigenvalue weighted by molar-refractivity contribution is 6.30. The molecule has 0 unspecified atom stereocenters. The lowest BCUT2D eigenvalue weighted by Gasteiger charge is -2.36. The largest absolute Gasteiger partial charge is 0.497 e. The number of anilines is 2. The van der Waals surface area contributed by atoms with Crippen LogP contribution in [0.1, 0.15) is 27.9 Å². The van der Waals surface area contributed by atoms with Crippen molar-refractivity contribution in [3.05, 3.63) is 88.4 Å². The predicted octanol–water partition coefficient (Wildman–Crippen LogP) is 6.45. The van der Waals surface area contributed by atoms with Gasteiger partial charge in [-0.15, -0.1) is 0 Å². The van der Waals surface area contributed by atoms with E-state index < -0.39 is 17.6 Å². The van der Waals surface area contributed by atoms with E-state index in [0.29, 0.717) is 48.2 Å². The van der Waals surface area contributed by atoms with Crippen molar-refractivity contribution >= 4 is 34.9 Å². The summed E-state index contributed by atoms with van der Waals surface area (Å²) in [5.74, 6) is -0.166. The third-order valence-corrected chi connectivity index (χ3v) is 6.03. The Morgan fingerprint density at radius 1 is 1.06 bits per heavy atom. The molecule has 4 rings (SSSR count). The molecule has 1 aliphatic rings. The molecule has 0 aliphatic carbocycles. The van der Waals surface area contributed by atoms with Crippen molar-refractivity contribution in [3.63, 3.8) is 0 Å². The summed E-state index contributed by atoms with van der Waals surface area (Å²) in [6.07, 6.45) is -3.80. The molecule has 3 aromatic rings. The van der Waals surface area contributed by atoms with E-state index >= 15 is 0 Å². The molecular weight excluding hydrogens is 495 g/mol. The number of amides is 3. The zero-order valence-corrected chi connectivity index (χ0v) is 20.1. The van der Waals surface area contributed by atoms with Crippen LogP contribution in [0.4, 0.5) is 29.3 Å². The summed E-state index contributed by atoms with van der Waals surface area (Å²) in [5.41, 5.74) is 0.849. The highest BCUT2D eigenvalue weighted by Crippen LogP contribution is 2.34. The number of methoxy groups -OCH3 is 1. The van der Waals surface area contributed by atoms with Crippen molar-refractivity contribution in [2.75, 3.05) is 30.4 Å². The van der Waals surface area contributed by atoms with Crippen LogP contribution in [0.5, 0.6) is 5.75 Å². The average molecular weight is 518 g/mol. The van der Waals surface area contributed by atoms with Crippen LogP contribution >= 0.6 is 11.6 Å². The second-order valence-corrected chi connectivity index (χ2v) is 8.69. The summed E-state index contributed by atoms with van der Waals surface area (Å²) in [7, 11) is 1.47. The molecule has 1 heterocycles. The van der Waals surface area contributed by atoms with E-state index in [9.17, 15) is 22.8 Å². The third kappa shape index (κ3) is 5.73. The minimum Gasteiger partial charge on any atom is -0.497 e. The molecule has 0 bridgehead atoms. The molecule has 6 nitrogen and oxygen atoms in total. The van der Waals surface area contributed by atoms with Crippen LogP contribution in [0.3, 0.4) is 0 Å². The number of alkyl halides is 3. The molecule has 36 heavy (non-hydrogen) atoms. The molecule has 3 aromatic carbocycles. The lowest BCUT2D eigenvalue weighted by Crippen LogP contribution is -2.49. The lowest BCUT2D eigenvalue weighted by atomic mass is 10.1. The first-order valence-electron chi connectivity index (χ1n) is 11.1. The Labute approximate surface area is 211 Å². The van der Waals surface area contributed by atoms with Gasteiger partial charge in [0.1, 0.15) is 5.75 Å². The molecule has 1 saturated heterocycles. The van der Waals surface area contributed by atoms with Gasteiger partial charge >= 0.3 is 12.2 Å². The molecule has 1 fully saturated rings. The zero-order chi connectivity index (χ0) is 25.9. The van der Waals surface area contributed by atoms with Gasteiger partial charge in [0, 0.05) is 36.3 Å². The molecule has 188 valence electrons. The maximum Gasteiger partial charge on any atom is 0.416 e. The average Bonchev–Trinajstić information content (AvgIpc) is 2.85. The van der Waals surface area contributed by atoms with Gasteiger partial charge in [0.05, 0.1) is 24.0 Å². The normalized spacial score (nSPS) is 14.1. The fraction of sp³-hybridized carbons (Fsp3) is 0.231. The number of benzene rings is 3. The number of hydrogen-bond acceptors (Lipinski definition) is 3. The van der Waals surface area contributed by atoms with Crippen molar-refractivity contribution in [3.8, 4) is 5.75 Å². The van der Waals surface area contributed by atoms with Crippen LogP contribution < -0.4 is 15.0 Å². The number of ether oxygens (including phenoxy) is 1. The Hall–Kier alpha value is -3.72. The van der Waals surface area contributed by atoms with Gasteiger partial charge < -0.3 is 15.0 Å². The van der Waals surface area contributed by atoms with Gasteiger partial charge in [-0.2, -0.15) is 13.2 Å². The summed E-state index contributed by atoms with van der Waals surface area (Å²) < 4.78 is 43.9. The summed E-state index contributed by atoms with van der Waals surface area (Å²) in [5, 5.41) is 3.30. The van der Waals surface area contributed by atoms with E-state index in [1.54, 1.807) is 40.1 Å². The number of carbonyl (C=O) groups is 2. The number of rotatable bonds is 6. The fourth-order valence-electron chi connectivity index (χ4n) is 3.99. The number of carbonyl (C=O) groups excluding carboxylic acids is 2. The second-order valence-electron chi connectivity index (χ2n) is 8.25. The Morgan fingerprint density at radius 2 is 1.81 bits per heavy atom. The van der Waals surface area contributed by atoms with Gasteiger partial charge in [0.25, 0.3) is 5.91 Å². The summed E-state index contributed by atoms with van der Waals surface area (Å²) in [6, 6.07) is 15.9. The van der Waals surface area contributed by atoms with Gasteiger partial charge in [-0.3, -0.25) is 9.69 Å². The van der Waals surface area contributed by atoms with E-state index in [2.05, 4.69) is 5.32 Å². The van der Waals surface area contributed by atoms with Gasteiger partial charge in [-0.1, -0.05) is 23.7 Å². The second kappa shape index (κ2) is 10.5. The Balaban J connectivity index is 1.58. The Morgan fingerprint density at radius 3 is 2.47 bits per heavy atom. The number of hydrogen-bond donors (Lipinski definition) is 1. The molecule has 0 radical (unpaired) electrons. The van der Waals surface area contributed by atoms with E-state index in [1.165, 1.54) is 7.11 Å². The minimum absolute atomic E-state index is 0.0457. The van der Waals surface area contributed by atoms with Crippen LogP contribution in [0.25, 0.3) is 0 Å². The quantitative estimate of drug-likeness (QED) is 0.408. The van der Waals surface area contributed by atoms with Crippen molar-refractivity contribution < 1.29 is 27.5 Å². The van der Waals surface area contributed by atoms with Crippen LogP contribution in [0, 0.1) is 0 Å². The summed E-state index contributed by atoms with van der Waals surface area (Å²) >= 11 is 6.08. The van der Waals surface area contributed by atoms with Crippen molar-refractivity contribution in [2.45, 2.75) is 19.1 Å². The molecule has 0 spiro atoms. The fourth-order valence-corrected chi connectivity index (χ4v) is 4.20. The van der Waals surface area contributed by atoms with E-state index in [0.717, 1.165) is 29.8 Å². The number of nitrogens with one attached hydrogen (secondary N) is 1. The van der Waals surface area contributed by atoms with Crippen LogP contribution in [0.15, 0.2) is 66.7 Å². The topological polar surface area (TPSA) is 61.9 Å². The molecule has 0 atom stereocenters. The molecule has 3 amide bonds. The summed E-state index contributed by atoms with van der Waals surface area (Å²) in [6.45, 7) is 1.37. The molecule has 1 N–H and O–H groups in total. The maximum atomic E-state index is 13.4. The number of urea groups is 1. The Bertz CT molecular complexity index is 1270. The minimum atomic E-state index is -4.50. The number of nitrogens with zero attached hydrogens (tertiary/aromatic N) is 2. The first-order valence-corrected chi connectivity index (χ1v) is 11.5. The number of halogens is 4. The molecule has 1 aliphatic heterocycles. The third-order valence-electron chi connectivity index (χ3n) is 5.79. The maximum absolute atomic E-state index is 13.4. The predicted molar refractivity (Wildman–Crippen MR) is 132 cm³/mol. The van der Waals surface area contributed by atoms with E-state index in [4.69, 9.17) is 16.3 Å². The first kappa shape index (κ1) is 25.4. The molecule has 0 saturated carbocycles. The lowest BCUT2D eigenvalue weighted by molar-refractivity contribution is -0.137. The van der Waals surface area contributed by atoms with E-state index in [-0.39, 0.29) is 11.6 Å². The van der Waals surface area contributed by atoms with Crippen LogP contribution in [-0.2, 0) is 12.7 Å². The molecule has 0 aromatic heterocycles. The highest BCUT2D eigenvalue weighted by Gasteiger charge is 2.31. The van der Waals surface area contributed by atoms with E-state index in [1.807, 2.05) is 12.1 Å². The highest BCUT2D eigenvalue weighted by atomic mass is 35.5. The monoisotopic (exact) mass is 517 g/mol. The van der Waals surface area contributed by atoms with Crippen LogP contribution in [-0.4, -0.2) is 37.0 Å². The van der Waals surface area contributed by atoms with Crippen molar-refractivity contribution in [1.82, 2.24) is 4.90 Å². The van der Waals surface area contributed by atoms with Crippen molar-refractivity contribution in [2.24, 2.45) is 0 Å². The molecule has 10 heteroatoms. The van der Waals surface area contributed by atoms with Gasteiger partial charge in [-0.05, 0) is 60.5 Å². The van der Waals surface area contributed by atoms with Crippen molar-refractivity contribution in [1.29, 1.82) is 0 Å². The smallest absolute Gasteiger partial charge is 0.416 e. The Kier molecular flexibility index (Phi) is 7.40. The SMILES string of the molecule is COc1ccc(N2CCCN(Cc3cccc(Cl)c3)C2=O)c(NC(=O)c2ccc(C(F)(F)F)cc2)c1. The molecular formula is C26H23ClF3N3O3. The van der Waals surface area contributed by atoms with Crippen LogP contribution in [0.2, 0.25) is 5.02 Å². The van der Waals surface area contributed by atoms with Gasteiger partial charge in [0.15, 0.2) is 0 Å². The van der Waals surface area contributed by atoms with Gasteiger partial charge in [0.2, 0.25) is 0 Å². The van der Waals surface area contributed by atoms with Gasteiger partial charge in [-0.25, -0.2) is 4.79 Å². The summed E-state index contributed by atoms with van der Waals surface area (Å²) in [4.78, 5) is 29.5. The zero-order valence-electron chi connectivity index (χ0n) is 19.3.